The molecule has 1 amide bonds. The number of nitriles is 1. The molecule has 0 spiro atoms. The van der Waals surface area contributed by atoms with Crippen LogP contribution < -0.4 is 5.32 Å². The fourth-order valence-electron chi connectivity index (χ4n) is 2.63. The molecule has 0 bridgehead atoms. The van der Waals surface area contributed by atoms with Crippen molar-refractivity contribution >= 4 is 5.91 Å². The number of carbonyl (C=O) groups excluding carboxylic acids is 1. The Bertz CT molecular complexity index is 608. The highest BCUT2D eigenvalue weighted by molar-refractivity contribution is 5.81. The van der Waals surface area contributed by atoms with Crippen molar-refractivity contribution in [2.75, 3.05) is 19.6 Å². The summed E-state index contributed by atoms with van der Waals surface area (Å²) in [6, 6.07) is 7.81. The number of unbranched alkanes of at least 4 members (excludes halogenated alkanes) is 1. The van der Waals surface area contributed by atoms with E-state index in [2.05, 4.69) is 11.0 Å². The minimum Gasteiger partial charge on any atom is -0.348 e. The Hall–Kier alpha value is -2.07. The van der Waals surface area contributed by atoms with Crippen LogP contribution in [0.3, 0.4) is 0 Å². The Kier molecular flexibility index (Phi) is 5.61. The molecule has 1 aromatic carbocycles. The van der Waals surface area contributed by atoms with Crippen LogP contribution in [0.1, 0.15) is 29.5 Å². The highest BCUT2D eigenvalue weighted by Crippen LogP contribution is 2.20. The molecule has 0 aliphatic carbocycles. The van der Waals surface area contributed by atoms with E-state index in [1.54, 1.807) is 6.07 Å². The quantitative estimate of drug-likeness (QED) is 0.846. The number of rotatable bonds is 5. The predicted octanol–water partition coefficient (Wildman–Crippen LogP) is 2.38. The van der Waals surface area contributed by atoms with E-state index < -0.39 is 12.1 Å². The Morgan fingerprint density at radius 3 is 2.78 bits per heavy atom. The number of benzene rings is 1. The lowest BCUT2D eigenvalue weighted by molar-refractivity contribution is -0.173. The molecule has 1 aliphatic rings. The van der Waals surface area contributed by atoms with Crippen molar-refractivity contribution < 1.29 is 18.0 Å². The second-order valence-corrected chi connectivity index (χ2v) is 5.58. The maximum absolute atomic E-state index is 12.0. The molecule has 0 radical (unpaired) electrons. The molecule has 4 nitrogen and oxygen atoms in total. The summed E-state index contributed by atoms with van der Waals surface area (Å²) < 4.78 is 36.0. The van der Waals surface area contributed by atoms with Gasteiger partial charge in [-0.3, -0.25) is 9.69 Å². The van der Waals surface area contributed by atoms with Gasteiger partial charge in [0.05, 0.1) is 11.6 Å². The van der Waals surface area contributed by atoms with Crippen LogP contribution in [0, 0.1) is 11.3 Å². The molecule has 7 heteroatoms. The molecule has 2 rings (SSSR count). The molecule has 23 heavy (non-hydrogen) atoms. The zero-order chi connectivity index (χ0) is 16.9. The summed E-state index contributed by atoms with van der Waals surface area (Å²) in [5, 5.41) is 10.8. The molecule has 0 saturated heterocycles. The fourth-order valence-corrected chi connectivity index (χ4v) is 2.63. The minimum atomic E-state index is -4.81. The Morgan fingerprint density at radius 1 is 1.30 bits per heavy atom. The topological polar surface area (TPSA) is 56.1 Å². The number of carbonyl (C=O) groups is 1. The SMILES string of the molecule is N#Cc1ccc2c(c1)CCN(CCCCNC(=O)C(F)(F)F)C2. The summed E-state index contributed by atoms with van der Waals surface area (Å²) in [6.45, 7) is 2.47. The minimum absolute atomic E-state index is 0.0360. The average Bonchev–Trinajstić information content (AvgIpc) is 2.52. The van der Waals surface area contributed by atoms with E-state index in [0.29, 0.717) is 12.0 Å². The van der Waals surface area contributed by atoms with Crippen molar-refractivity contribution in [3.63, 3.8) is 0 Å². The largest absolute Gasteiger partial charge is 0.471 e. The summed E-state index contributed by atoms with van der Waals surface area (Å²) >= 11 is 0. The zero-order valence-electron chi connectivity index (χ0n) is 12.6. The van der Waals surface area contributed by atoms with Gasteiger partial charge < -0.3 is 5.32 Å². The van der Waals surface area contributed by atoms with E-state index in [-0.39, 0.29) is 6.54 Å². The third-order valence-corrected chi connectivity index (χ3v) is 3.87. The van der Waals surface area contributed by atoms with Crippen molar-refractivity contribution in [3.8, 4) is 6.07 Å². The second-order valence-electron chi connectivity index (χ2n) is 5.58. The van der Waals surface area contributed by atoms with E-state index >= 15 is 0 Å². The Labute approximate surface area is 132 Å². The van der Waals surface area contributed by atoms with Crippen LogP contribution in [0.5, 0.6) is 0 Å². The third-order valence-electron chi connectivity index (χ3n) is 3.87. The van der Waals surface area contributed by atoms with Gasteiger partial charge in [0.15, 0.2) is 0 Å². The van der Waals surface area contributed by atoms with E-state index in [0.717, 1.165) is 32.5 Å². The molecule has 1 aromatic rings. The summed E-state index contributed by atoms with van der Waals surface area (Å²) in [6.07, 6.45) is -2.70. The Balaban J connectivity index is 1.70. The van der Waals surface area contributed by atoms with Crippen LogP contribution in [-0.4, -0.2) is 36.6 Å². The first-order valence-electron chi connectivity index (χ1n) is 7.49. The number of nitrogens with one attached hydrogen (secondary N) is 1. The summed E-state index contributed by atoms with van der Waals surface area (Å²) in [5.41, 5.74) is 3.05. The Morgan fingerprint density at radius 2 is 2.09 bits per heavy atom. The van der Waals surface area contributed by atoms with Gasteiger partial charge in [-0.15, -0.1) is 0 Å². The average molecular weight is 325 g/mol. The van der Waals surface area contributed by atoms with Gasteiger partial charge in [-0.2, -0.15) is 18.4 Å². The molecule has 0 atom stereocenters. The van der Waals surface area contributed by atoms with Gasteiger partial charge in [0.1, 0.15) is 0 Å². The third kappa shape index (κ3) is 4.96. The van der Waals surface area contributed by atoms with Crippen LogP contribution in [0.15, 0.2) is 18.2 Å². The van der Waals surface area contributed by atoms with Gasteiger partial charge in [0.2, 0.25) is 0 Å². The van der Waals surface area contributed by atoms with Gasteiger partial charge >= 0.3 is 12.1 Å². The van der Waals surface area contributed by atoms with Crippen LogP contribution >= 0.6 is 0 Å². The normalized spacial score (nSPS) is 14.9. The molecular formula is C16H18F3N3O. The standard InChI is InChI=1S/C16H18F3N3O/c17-16(18,19)15(23)21-6-1-2-7-22-8-5-13-9-12(10-20)3-4-14(13)11-22/h3-4,9H,1-2,5-8,11H2,(H,21,23). The summed E-state index contributed by atoms with van der Waals surface area (Å²) in [4.78, 5) is 12.9. The lowest BCUT2D eigenvalue weighted by Crippen LogP contribution is -2.37. The first kappa shape index (κ1) is 17.3. The molecule has 0 saturated carbocycles. The molecule has 0 unspecified atom stereocenters. The van der Waals surface area contributed by atoms with E-state index in [4.69, 9.17) is 5.26 Å². The van der Waals surface area contributed by atoms with Crippen molar-refractivity contribution in [2.24, 2.45) is 0 Å². The number of hydrogen-bond acceptors (Lipinski definition) is 3. The van der Waals surface area contributed by atoms with Gasteiger partial charge in [0.25, 0.3) is 0 Å². The lowest BCUT2D eigenvalue weighted by atomic mass is 9.97. The van der Waals surface area contributed by atoms with Crippen LogP contribution in [0.2, 0.25) is 0 Å². The van der Waals surface area contributed by atoms with Gasteiger partial charge in [-0.25, -0.2) is 0 Å². The van der Waals surface area contributed by atoms with Gasteiger partial charge in [-0.1, -0.05) is 6.07 Å². The zero-order valence-corrected chi connectivity index (χ0v) is 12.6. The van der Waals surface area contributed by atoms with Gasteiger partial charge in [0, 0.05) is 19.6 Å². The monoisotopic (exact) mass is 325 g/mol. The number of fused-ring (bicyclic) bond motifs is 1. The van der Waals surface area contributed by atoms with Crippen molar-refractivity contribution in [3.05, 3.63) is 34.9 Å². The van der Waals surface area contributed by atoms with E-state index in [9.17, 15) is 18.0 Å². The van der Waals surface area contributed by atoms with Crippen LogP contribution in [-0.2, 0) is 17.8 Å². The maximum Gasteiger partial charge on any atom is 0.471 e. The van der Waals surface area contributed by atoms with E-state index in [1.165, 1.54) is 11.1 Å². The number of amides is 1. The summed E-state index contributed by atoms with van der Waals surface area (Å²) in [7, 11) is 0. The smallest absolute Gasteiger partial charge is 0.348 e. The lowest BCUT2D eigenvalue weighted by Gasteiger charge is -2.28. The number of hydrogen-bond donors (Lipinski definition) is 1. The number of halogens is 3. The number of alkyl halides is 3. The molecule has 0 aromatic heterocycles. The summed E-state index contributed by atoms with van der Waals surface area (Å²) in [5.74, 6) is -1.88. The van der Waals surface area contributed by atoms with Crippen molar-refractivity contribution in [2.45, 2.75) is 32.0 Å². The second kappa shape index (κ2) is 7.47. The highest BCUT2D eigenvalue weighted by Gasteiger charge is 2.38. The molecular weight excluding hydrogens is 307 g/mol. The molecule has 124 valence electrons. The van der Waals surface area contributed by atoms with Crippen LogP contribution in [0.25, 0.3) is 0 Å². The molecule has 0 fully saturated rings. The van der Waals surface area contributed by atoms with Crippen molar-refractivity contribution in [1.29, 1.82) is 5.26 Å². The number of nitrogens with zero attached hydrogens (tertiary/aromatic N) is 2. The van der Waals surface area contributed by atoms with Crippen LogP contribution in [0.4, 0.5) is 13.2 Å². The fraction of sp³-hybridized carbons (Fsp3) is 0.500. The maximum atomic E-state index is 12.0. The molecule has 1 aliphatic heterocycles. The molecule has 1 heterocycles. The van der Waals surface area contributed by atoms with E-state index in [1.807, 2.05) is 17.4 Å². The first-order valence-corrected chi connectivity index (χ1v) is 7.49. The molecule has 1 N–H and O–H groups in total. The highest BCUT2D eigenvalue weighted by atomic mass is 19.4. The van der Waals surface area contributed by atoms with Gasteiger partial charge in [-0.05, 0) is 49.1 Å². The first-order chi connectivity index (χ1) is 10.9. The predicted molar refractivity (Wildman–Crippen MR) is 78.4 cm³/mol. The van der Waals surface area contributed by atoms with Crippen molar-refractivity contribution in [1.82, 2.24) is 10.2 Å².